The molecule has 0 bridgehead atoms. The fraction of sp³-hybridized carbons (Fsp3) is 0.200. The van der Waals surface area contributed by atoms with Crippen LogP contribution in [0.4, 0.5) is 0 Å². The minimum absolute atomic E-state index is 0.798. The fourth-order valence-corrected chi connectivity index (χ4v) is 2.37. The molecular weight excluding hydrogens is 236 g/mol. The second-order valence-electron chi connectivity index (χ2n) is 4.66. The van der Waals surface area contributed by atoms with Crippen molar-refractivity contribution in [2.45, 2.75) is 13.5 Å². The van der Waals surface area contributed by atoms with Crippen LogP contribution in [0.15, 0.2) is 36.8 Å². The van der Waals surface area contributed by atoms with E-state index in [1.165, 1.54) is 11.1 Å². The van der Waals surface area contributed by atoms with Crippen molar-refractivity contribution in [1.29, 1.82) is 0 Å². The summed E-state index contributed by atoms with van der Waals surface area (Å²) in [5.74, 6) is 0. The van der Waals surface area contributed by atoms with Gasteiger partial charge in [0.15, 0.2) is 0 Å². The average molecular weight is 252 g/mol. The van der Waals surface area contributed by atoms with E-state index in [4.69, 9.17) is 0 Å². The first-order chi connectivity index (χ1) is 9.29. The first-order valence-corrected chi connectivity index (χ1v) is 6.32. The summed E-state index contributed by atoms with van der Waals surface area (Å²) in [7, 11) is 1.94. The molecule has 2 N–H and O–H groups in total. The lowest BCUT2D eigenvalue weighted by atomic mass is 10.0. The summed E-state index contributed by atoms with van der Waals surface area (Å²) in [4.78, 5) is 12.0. The molecule has 0 aliphatic rings. The van der Waals surface area contributed by atoms with Gasteiger partial charge < -0.3 is 10.3 Å². The molecule has 2 aromatic heterocycles. The third-order valence-electron chi connectivity index (χ3n) is 3.21. The van der Waals surface area contributed by atoms with Gasteiger partial charge in [-0.2, -0.15) is 0 Å². The number of benzene rings is 1. The molecule has 0 aliphatic carbocycles. The van der Waals surface area contributed by atoms with Crippen LogP contribution >= 0.6 is 0 Å². The Balaban J connectivity index is 2.25. The van der Waals surface area contributed by atoms with Crippen molar-refractivity contribution in [3.8, 4) is 11.3 Å². The van der Waals surface area contributed by atoms with Crippen LogP contribution < -0.4 is 5.32 Å². The quantitative estimate of drug-likeness (QED) is 0.753. The molecule has 96 valence electrons. The van der Waals surface area contributed by atoms with Crippen LogP contribution in [0.5, 0.6) is 0 Å². The number of hydrogen-bond donors (Lipinski definition) is 2. The van der Waals surface area contributed by atoms with Gasteiger partial charge in [-0.05, 0) is 25.6 Å². The monoisotopic (exact) mass is 252 g/mol. The van der Waals surface area contributed by atoms with Gasteiger partial charge in [-0.15, -0.1) is 0 Å². The Morgan fingerprint density at radius 3 is 2.95 bits per heavy atom. The summed E-state index contributed by atoms with van der Waals surface area (Å²) >= 11 is 0. The van der Waals surface area contributed by atoms with Gasteiger partial charge in [-0.1, -0.05) is 23.8 Å². The first kappa shape index (κ1) is 11.9. The minimum Gasteiger partial charge on any atom is -0.346 e. The molecule has 3 aromatic rings. The molecule has 0 saturated heterocycles. The lowest BCUT2D eigenvalue weighted by Crippen LogP contribution is -2.04. The standard InChI is InChI=1S/C15H16N4/c1-10-4-3-5-11(6-10)14-13-12(7-16-2)8-17-15(13)19-9-18-14/h3-6,8-9,16H,7H2,1-2H3,(H,17,18,19). The molecule has 2 heterocycles. The first-order valence-electron chi connectivity index (χ1n) is 6.32. The molecule has 0 radical (unpaired) electrons. The van der Waals surface area contributed by atoms with Crippen LogP contribution in [-0.4, -0.2) is 22.0 Å². The predicted molar refractivity (Wildman–Crippen MR) is 76.8 cm³/mol. The topological polar surface area (TPSA) is 53.6 Å². The molecule has 0 unspecified atom stereocenters. The molecule has 0 atom stereocenters. The second kappa shape index (κ2) is 4.82. The highest BCUT2D eigenvalue weighted by molar-refractivity contribution is 5.93. The number of aromatic nitrogens is 3. The maximum Gasteiger partial charge on any atom is 0.141 e. The predicted octanol–water partition coefficient (Wildman–Crippen LogP) is 2.65. The molecule has 19 heavy (non-hydrogen) atoms. The smallest absolute Gasteiger partial charge is 0.141 e. The number of nitrogens with zero attached hydrogens (tertiary/aromatic N) is 2. The highest BCUT2D eigenvalue weighted by Gasteiger charge is 2.12. The summed E-state index contributed by atoms with van der Waals surface area (Å²) in [6, 6.07) is 8.39. The Hall–Kier alpha value is -2.20. The van der Waals surface area contributed by atoms with E-state index in [0.29, 0.717) is 0 Å². The molecule has 0 spiro atoms. The van der Waals surface area contributed by atoms with Crippen LogP contribution in [0.2, 0.25) is 0 Å². The number of aryl methyl sites for hydroxylation is 1. The van der Waals surface area contributed by atoms with Crippen LogP contribution in [-0.2, 0) is 6.54 Å². The average Bonchev–Trinajstić information content (AvgIpc) is 2.83. The maximum atomic E-state index is 4.47. The van der Waals surface area contributed by atoms with Crippen molar-refractivity contribution in [3.05, 3.63) is 47.9 Å². The van der Waals surface area contributed by atoms with E-state index in [1.54, 1.807) is 6.33 Å². The number of nitrogens with one attached hydrogen (secondary N) is 2. The zero-order chi connectivity index (χ0) is 13.2. The van der Waals surface area contributed by atoms with Crippen molar-refractivity contribution in [1.82, 2.24) is 20.3 Å². The van der Waals surface area contributed by atoms with Crippen molar-refractivity contribution in [2.24, 2.45) is 0 Å². The number of aromatic amines is 1. The summed E-state index contributed by atoms with van der Waals surface area (Å²) in [6.07, 6.45) is 3.61. The summed E-state index contributed by atoms with van der Waals surface area (Å²) < 4.78 is 0. The third kappa shape index (κ3) is 2.11. The normalized spacial score (nSPS) is 11.1. The van der Waals surface area contributed by atoms with E-state index in [-0.39, 0.29) is 0 Å². The van der Waals surface area contributed by atoms with E-state index in [9.17, 15) is 0 Å². The SMILES string of the molecule is CNCc1c[nH]c2ncnc(-c3cccc(C)c3)c12. The van der Waals surface area contributed by atoms with Gasteiger partial charge in [0.2, 0.25) is 0 Å². The molecule has 4 nitrogen and oxygen atoms in total. The molecule has 3 rings (SSSR count). The highest BCUT2D eigenvalue weighted by Crippen LogP contribution is 2.28. The molecule has 0 saturated carbocycles. The Morgan fingerprint density at radius 1 is 1.26 bits per heavy atom. The Bertz CT molecular complexity index is 715. The van der Waals surface area contributed by atoms with Crippen LogP contribution in [0, 0.1) is 6.92 Å². The molecule has 0 fully saturated rings. The van der Waals surface area contributed by atoms with E-state index in [2.05, 4.69) is 51.5 Å². The van der Waals surface area contributed by atoms with Crippen LogP contribution in [0.1, 0.15) is 11.1 Å². The van der Waals surface area contributed by atoms with Gasteiger partial charge in [0, 0.05) is 23.7 Å². The minimum atomic E-state index is 0.798. The highest BCUT2D eigenvalue weighted by atomic mass is 14.9. The lowest BCUT2D eigenvalue weighted by molar-refractivity contribution is 0.823. The Morgan fingerprint density at radius 2 is 2.16 bits per heavy atom. The lowest BCUT2D eigenvalue weighted by Gasteiger charge is -2.05. The van der Waals surface area contributed by atoms with Crippen molar-refractivity contribution in [3.63, 3.8) is 0 Å². The summed E-state index contributed by atoms with van der Waals surface area (Å²) in [6.45, 7) is 2.89. The van der Waals surface area contributed by atoms with E-state index in [1.807, 2.05) is 13.2 Å². The van der Waals surface area contributed by atoms with Crippen molar-refractivity contribution < 1.29 is 0 Å². The Kier molecular flexibility index (Phi) is 3.01. The van der Waals surface area contributed by atoms with Gasteiger partial charge >= 0.3 is 0 Å². The zero-order valence-corrected chi connectivity index (χ0v) is 11.1. The van der Waals surface area contributed by atoms with Gasteiger partial charge in [0.25, 0.3) is 0 Å². The number of fused-ring (bicyclic) bond motifs is 1. The Labute approximate surface area is 111 Å². The summed E-state index contributed by atoms with van der Waals surface area (Å²) in [5, 5.41) is 4.28. The second-order valence-corrected chi connectivity index (χ2v) is 4.66. The number of rotatable bonds is 3. The van der Waals surface area contributed by atoms with Crippen molar-refractivity contribution >= 4 is 11.0 Å². The largest absolute Gasteiger partial charge is 0.346 e. The van der Waals surface area contributed by atoms with Gasteiger partial charge in [0.05, 0.1) is 5.69 Å². The maximum absolute atomic E-state index is 4.47. The van der Waals surface area contributed by atoms with Gasteiger partial charge in [0.1, 0.15) is 12.0 Å². The number of H-pyrrole nitrogens is 1. The molecule has 0 aliphatic heterocycles. The molecule has 1 aromatic carbocycles. The summed E-state index contributed by atoms with van der Waals surface area (Å²) in [5.41, 5.74) is 5.42. The van der Waals surface area contributed by atoms with Gasteiger partial charge in [-0.3, -0.25) is 0 Å². The van der Waals surface area contributed by atoms with Crippen LogP contribution in [0.3, 0.4) is 0 Å². The number of hydrogen-bond acceptors (Lipinski definition) is 3. The molecule has 0 amide bonds. The zero-order valence-electron chi connectivity index (χ0n) is 11.1. The molecular formula is C15H16N4. The van der Waals surface area contributed by atoms with E-state index >= 15 is 0 Å². The fourth-order valence-electron chi connectivity index (χ4n) is 2.37. The van der Waals surface area contributed by atoms with E-state index < -0.39 is 0 Å². The third-order valence-corrected chi connectivity index (χ3v) is 3.21. The molecule has 4 heteroatoms. The van der Waals surface area contributed by atoms with E-state index in [0.717, 1.165) is 28.8 Å². The van der Waals surface area contributed by atoms with Crippen LogP contribution in [0.25, 0.3) is 22.3 Å². The van der Waals surface area contributed by atoms with Gasteiger partial charge in [-0.25, -0.2) is 9.97 Å². The van der Waals surface area contributed by atoms with Crippen molar-refractivity contribution in [2.75, 3.05) is 7.05 Å².